The number of nitrogens with one attached hydrogen (secondary N) is 1. The molecular formula is C22H29N3O2. The van der Waals surface area contributed by atoms with E-state index in [4.69, 9.17) is 0 Å². The second-order valence-electron chi connectivity index (χ2n) is 7.72. The molecule has 144 valence electrons. The maximum Gasteiger partial charge on any atom is 0.223 e. The first-order chi connectivity index (χ1) is 13.0. The number of rotatable bonds is 6. The summed E-state index contributed by atoms with van der Waals surface area (Å²) in [6, 6.07) is 12.4. The summed E-state index contributed by atoms with van der Waals surface area (Å²) in [4.78, 5) is 26.9. The van der Waals surface area contributed by atoms with Crippen molar-refractivity contribution in [2.24, 2.45) is 5.92 Å². The van der Waals surface area contributed by atoms with Gasteiger partial charge in [-0.15, -0.1) is 0 Å². The number of aromatic nitrogens is 1. The summed E-state index contributed by atoms with van der Waals surface area (Å²) < 4.78 is 2.21. The van der Waals surface area contributed by atoms with Gasteiger partial charge in [-0.3, -0.25) is 9.59 Å². The number of carbonyl (C=O) groups is 2. The molecule has 1 aromatic heterocycles. The zero-order valence-corrected chi connectivity index (χ0v) is 16.4. The van der Waals surface area contributed by atoms with Crippen molar-refractivity contribution >= 4 is 11.8 Å². The lowest BCUT2D eigenvalue weighted by atomic mass is 9.98. The molecule has 5 heteroatoms. The van der Waals surface area contributed by atoms with Crippen molar-refractivity contribution in [1.82, 2.24) is 14.8 Å². The van der Waals surface area contributed by atoms with Gasteiger partial charge in [0.25, 0.3) is 0 Å². The average molecular weight is 367 g/mol. The van der Waals surface area contributed by atoms with E-state index < -0.39 is 0 Å². The fourth-order valence-corrected chi connectivity index (χ4v) is 3.52. The Kier molecular flexibility index (Phi) is 5.99. The Morgan fingerprint density at radius 1 is 1.11 bits per heavy atom. The number of benzene rings is 1. The van der Waals surface area contributed by atoms with E-state index in [1.807, 2.05) is 11.0 Å². The zero-order valence-electron chi connectivity index (χ0n) is 16.4. The molecule has 0 saturated heterocycles. The molecule has 0 bridgehead atoms. The van der Waals surface area contributed by atoms with Gasteiger partial charge in [-0.1, -0.05) is 43.7 Å². The largest absolute Gasteiger partial charge is 0.356 e. The molecule has 3 rings (SSSR count). The molecule has 2 aromatic rings. The van der Waals surface area contributed by atoms with Gasteiger partial charge in [-0.25, -0.2) is 0 Å². The molecule has 0 spiro atoms. The lowest BCUT2D eigenvalue weighted by Gasteiger charge is -2.37. The minimum Gasteiger partial charge on any atom is -0.356 e. The van der Waals surface area contributed by atoms with E-state index in [1.54, 1.807) is 0 Å². The summed E-state index contributed by atoms with van der Waals surface area (Å²) in [6.45, 7) is 8.27. The third-order valence-electron chi connectivity index (χ3n) is 5.03. The molecule has 1 aliphatic heterocycles. The fourth-order valence-electron chi connectivity index (χ4n) is 3.52. The summed E-state index contributed by atoms with van der Waals surface area (Å²) in [7, 11) is 0. The topological polar surface area (TPSA) is 54.3 Å². The quantitative estimate of drug-likeness (QED) is 0.852. The van der Waals surface area contributed by atoms with Crippen molar-refractivity contribution in [3.05, 3.63) is 59.4 Å². The molecule has 5 nitrogen and oxygen atoms in total. The van der Waals surface area contributed by atoms with Gasteiger partial charge in [0.15, 0.2) is 0 Å². The van der Waals surface area contributed by atoms with Crippen molar-refractivity contribution < 1.29 is 9.59 Å². The van der Waals surface area contributed by atoms with Gasteiger partial charge in [0.2, 0.25) is 11.8 Å². The smallest absolute Gasteiger partial charge is 0.223 e. The van der Waals surface area contributed by atoms with Crippen LogP contribution in [0.1, 0.15) is 49.6 Å². The number of nitrogens with zero attached hydrogens (tertiary/aromatic N) is 2. The van der Waals surface area contributed by atoms with Gasteiger partial charge in [0.1, 0.15) is 0 Å². The molecular weight excluding hydrogens is 338 g/mol. The van der Waals surface area contributed by atoms with Crippen LogP contribution in [0.2, 0.25) is 0 Å². The van der Waals surface area contributed by atoms with Crippen LogP contribution in [-0.4, -0.2) is 34.4 Å². The van der Waals surface area contributed by atoms with Gasteiger partial charge >= 0.3 is 0 Å². The highest BCUT2D eigenvalue weighted by atomic mass is 16.2. The van der Waals surface area contributed by atoms with E-state index >= 15 is 0 Å². The maximum absolute atomic E-state index is 13.0. The van der Waals surface area contributed by atoms with Crippen LogP contribution in [0, 0.1) is 12.8 Å². The zero-order chi connectivity index (χ0) is 19.4. The van der Waals surface area contributed by atoms with Gasteiger partial charge in [0, 0.05) is 44.4 Å². The lowest BCUT2D eigenvalue weighted by molar-refractivity contribution is -0.136. The van der Waals surface area contributed by atoms with Crippen LogP contribution in [-0.2, 0) is 16.1 Å². The van der Waals surface area contributed by atoms with E-state index in [2.05, 4.69) is 67.2 Å². The van der Waals surface area contributed by atoms with Gasteiger partial charge in [0.05, 0.1) is 6.04 Å². The van der Waals surface area contributed by atoms with Crippen LogP contribution < -0.4 is 5.32 Å². The van der Waals surface area contributed by atoms with E-state index in [1.165, 1.54) is 5.56 Å². The Labute approximate surface area is 161 Å². The van der Waals surface area contributed by atoms with E-state index in [0.29, 0.717) is 19.0 Å². The molecule has 27 heavy (non-hydrogen) atoms. The highest BCUT2D eigenvalue weighted by Gasteiger charge is 2.31. The van der Waals surface area contributed by atoms with Crippen molar-refractivity contribution in [1.29, 1.82) is 0 Å². The van der Waals surface area contributed by atoms with Crippen molar-refractivity contribution in [2.75, 3.05) is 13.1 Å². The molecule has 0 unspecified atom stereocenters. The Morgan fingerprint density at radius 2 is 1.85 bits per heavy atom. The Bertz CT molecular complexity index is 792. The van der Waals surface area contributed by atoms with Crippen LogP contribution in [0.25, 0.3) is 0 Å². The molecule has 1 aliphatic rings. The third-order valence-corrected chi connectivity index (χ3v) is 5.03. The van der Waals surface area contributed by atoms with Crippen molar-refractivity contribution in [3.63, 3.8) is 0 Å². The summed E-state index contributed by atoms with van der Waals surface area (Å²) in [5.41, 5.74) is 3.44. The van der Waals surface area contributed by atoms with Crippen LogP contribution in [0.4, 0.5) is 0 Å². The first-order valence-electron chi connectivity index (χ1n) is 9.73. The highest BCUT2D eigenvalue weighted by Crippen LogP contribution is 2.33. The van der Waals surface area contributed by atoms with E-state index in [0.717, 1.165) is 17.8 Å². The summed E-state index contributed by atoms with van der Waals surface area (Å²) in [5, 5.41) is 2.89. The minimum absolute atomic E-state index is 0.0349. The number of fused-ring (bicyclic) bond motifs is 1. The summed E-state index contributed by atoms with van der Waals surface area (Å²) in [6.07, 6.45) is 2.55. The minimum atomic E-state index is -0.0967. The molecule has 0 fully saturated rings. The molecule has 1 atom stereocenters. The number of hydrogen-bond acceptors (Lipinski definition) is 2. The highest BCUT2D eigenvalue weighted by molar-refractivity contribution is 5.84. The van der Waals surface area contributed by atoms with Crippen LogP contribution >= 0.6 is 0 Å². The molecule has 2 heterocycles. The lowest BCUT2D eigenvalue weighted by Crippen LogP contribution is -2.42. The number of amides is 2. The van der Waals surface area contributed by atoms with Crippen LogP contribution in [0.5, 0.6) is 0 Å². The Balaban J connectivity index is 1.74. The predicted octanol–water partition coefficient (Wildman–Crippen LogP) is 3.28. The summed E-state index contributed by atoms with van der Waals surface area (Å²) in [5.74, 6) is 0.391. The SMILES string of the molecule is Cc1ccc([C@@H]2c3cccn3CCN2C(=O)CCC(=O)NCC(C)C)cc1. The standard InChI is InChI=1S/C22H29N3O2/c1-16(2)15-23-20(26)10-11-21(27)25-14-13-24-12-4-5-19(24)22(25)18-8-6-17(3)7-9-18/h4-9,12,16,22H,10-11,13-15H2,1-3H3,(H,23,26)/t22-/m1/s1. The normalized spacial score (nSPS) is 16.3. The predicted molar refractivity (Wildman–Crippen MR) is 106 cm³/mol. The molecule has 0 radical (unpaired) electrons. The number of aryl methyl sites for hydroxylation is 1. The number of hydrogen-bond donors (Lipinski definition) is 1. The molecule has 1 N–H and O–H groups in total. The molecule has 0 saturated carbocycles. The number of carbonyl (C=O) groups excluding carboxylic acids is 2. The second kappa shape index (κ2) is 8.42. The molecule has 1 aromatic carbocycles. The van der Waals surface area contributed by atoms with Gasteiger partial charge in [-0.05, 0) is 30.5 Å². The van der Waals surface area contributed by atoms with E-state index in [-0.39, 0.29) is 30.7 Å². The summed E-state index contributed by atoms with van der Waals surface area (Å²) >= 11 is 0. The van der Waals surface area contributed by atoms with Gasteiger partial charge < -0.3 is 14.8 Å². The van der Waals surface area contributed by atoms with E-state index in [9.17, 15) is 9.59 Å². The maximum atomic E-state index is 13.0. The van der Waals surface area contributed by atoms with Gasteiger partial charge in [-0.2, -0.15) is 0 Å². The van der Waals surface area contributed by atoms with Crippen LogP contribution in [0.3, 0.4) is 0 Å². The fraction of sp³-hybridized carbons (Fsp3) is 0.455. The second-order valence-corrected chi connectivity index (χ2v) is 7.72. The monoisotopic (exact) mass is 367 g/mol. The Morgan fingerprint density at radius 3 is 2.56 bits per heavy atom. The molecule has 2 amide bonds. The first-order valence-corrected chi connectivity index (χ1v) is 9.73. The van der Waals surface area contributed by atoms with Crippen LogP contribution in [0.15, 0.2) is 42.6 Å². The average Bonchev–Trinajstić information content (AvgIpc) is 3.13. The first kappa shape index (κ1) is 19.2. The van der Waals surface area contributed by atoms with Crippen molar-refractivity contribution in [3.8, 4) is 0 Å². The Hall–Kier alpha value is -2.56. The van der Waals surface area contributed by atoms with Crippen molar-refractivity contribution in [2.45, 2.75) is 46.2 Å². The molecule has 0 aliphatic carbocycles. The third kappa shape index (κ3) is 4.59.